The van der Waals surface area contributed by atoms with Crippen LogP contribution in [-0.2, 0) is 40.0 Å². The molecule has 6 amide bonds. The van der Waals surface area contributed by atoms with Gasteiger partial charge in [0.05, 0.1) is 25.1 Å². The van der Waals surface area contributed by atoms with E-state index in [0.717, 1.165) is 0 Å². The fourth-order valence-corrected chi connectivity index (χ4v) is 5.16. The standard InChI is InChI=1S/C35H58N8O9/c1-19(2)14-24(30(37)47)40-32(49)25(15-20(3)4)38-12-13-39-35(52)29(21(5)6)43-33(50)26(16-22-10-8-7-9-11-22)41-34(51)27(18-44)42-31(48)23(36)17-28(45)46/h7-11,19-21,23-27,29,38,44H,12-18,36H2,1-6H3,(H2,37,47)(H,39,52)(H,40,49)(H,41,51)(H,42,48)(H,43,50)(H,45,46)/t23-,24-,25-,26-,27-,29-/m0/s1. The van der Waals surface area contributed by atoms with Gasteiger partial charge >= 0.3 is 5.97 Å². The van der Waals surface area contributed by atoms with Crippen LogP contribution >= 0.6 is 0 Å². The van der Waals surface area contributed by atoms with Crippen LogP contribution in [0.25, 0.3) is 0 Å². The first-order valence-corrected chi connectivity index (χ1v) is 17.5. The van der Waals surface area contributed by atoms with Gasteiger partial charge in [-0.25, -0.2) is 0 Å². The van der Waals surface area contributed by atoms with Crippen molar-refractivity contribution in [2.45, 2.75) is 103 Å². The van der Waals surface area contributed by atoms with Gasteiger partial charge in [0, 0.05) is 19.5 Å². The number of aliphatic hydroxyl groups is 1. The van der Waals surface area contributed by atoms with Crippen molar-refractivity contribution in [1.29, 1.82) is 0 Å². The zero-order chi connectivity index (χ0) is 39.5. The minimum atomic E-state index is -1.55. The number of carboxylic acids is 1. The molecule has 0 radical (unpaired) electrons. The lowest BCUT2D eigenvalue weighted by molar-refractivity contribution is -0.140. The van der Waals surface area contributed by atoms with Crippen LogP contribution in [0.4, 0.5) is 0 Å². The fourth-order valence-electron chi connectivity index (χ4n) is 5.16. The van der Waals surface area contributed by atoms with Crippen LogP contribution in [-0.4, -0.2) is 108 Å². The van der Waals surface area contributed by atoms with E-state index in [0.29, 0.717) is 18.4 Å². The summed E-state index contributed by atoms with van der Waals surface area (Å²) in [6.45, 7) is 10.6. The molecule has 17 nitrogen and oxygen atoms in total. The Kier molecular flexibility index (Phi) is 20.1. The van der Waals surface area contributed by atoms with Crippen molar-refractivity contribution < 1.29 is 43.8 Å². The van der Waals surface area contributed by atoms with Crippen LogP contribution < -0.4 is 43.4 Å². The number of rotatable bonds is 24. The zero-order valence-corrected chi connectivity index (χ0v) is 30.9. The van der Waals surface area contributed by atoms with Gasteiger partial charge in [0.1, 0.15) is 24.2 Å². The van der Waals surface area contributed by atoms with Crippen LogP contribution in [0.2, 0.25) is 0 Å². The third-order valence-electron chi connectivity index (χ3n) is 7.91. The SMILES string of the molecule is CC(C)C[C@H](NC(=O)[C@H](CC(C)C)NCCNC(=O)[C@@H](NC(=O)[C@H](Cc1ccccc1)NC(=O)[C@H](CO)NC(=O)[C@@H](N)CC(=O)O)C(C)C)C(N)=O. The highest BCUT2D eigenvalue weighted by atomic mass is 16.4. The van der Waals surface area contributed by atoms with Gasteiger partial charge in [0.25, 0.3) is 0 Å². The molecule has 0 aliphatic heterocycles. The third-order valence-corrected chi connectivity index (χ3v) is 7.91. The number of amides is 6. The summed E-state index contributed by atoms with van der Waals surface area (Å²) in [6.07, 6.45) is 0.142. The van der Waals surface area contributed by atoms with Gasteiger partial charge in [-0.3, -0.25) is 33.6 Å². The highest BCUT2D eigenvalue weighted by Gasteiger charge is 2.32. The first-order valence-electron chi connectivity index (χ1n) is 17.5. The lowest BCUT2D eigenvalue weighted by atomic mass is 10.00. The quantitative estimate of drug-likeness (QED) is 0.0533. The first-order chi connectivity index (χ1) is 24.4. The average Bonchev–Trinajstić information content (AvgIpc) is 3.05. The molecular formula is C35H58N8O9. The van der Waals surface area contributed by atoms with Gasteiger partial charge in [-0.1, -0.05) is 71.9 Å². The summed E-state index contributed by atoms with van der Waals surface area (Å²) in [4.78, 5) is 88.3. The van der Waals surface area contributed by atoms with Crippen LogP contribution in [0, 0.1) is 17.8 Å². The van der Waals surface area contributed by atoms with E-state index in [1.165, 1.54) is 0 Å². The molecule has 6 atom stereocenters. The molecule has 1 rings (SSSR count). The number of nitrogens with one attached hydrogen (secondary N) is 6. The van der Waals surface area contributed by atoms with Crippen molar-refractivity contribution in [3.8, 4) is 0 Å². The van der Waals surface area contributed by atoms with Crippen LogP contribution in [0.5, 0.6) is 0 Å². The molecule has 1 aromatic carbocycles. The van der Waals surface area contributed by atoms with Gasteiger partial charge in [0.2, 0.25) is 35.4 Å². The minimum absolute atomic E-state index is 0.00747. The van der Waals surface area contributed by atoms with Crippen LogP contribution in [0.3, 0.4) is 0 Å². The van der Waals surface area contributed by atoms with E-state index < -0.39 is 90.7 Å². The Labute approximate surface area is 305 Å². The highest BCUT2D eigenvalue weighted by molar-refractivity contribution is 5.95. The number of carbonyl (C=O) groups excluding carboxylic acids is 6. The fraction of sp³-hybridized carbons (Fsp3) is 0.629. The van der Waals surface area contributed by atoms with Crippen molar-refractivity contribution in [2.24, 2.45) is 29.2 Å². The second-order valence-electron chi connectivity index (χ2n) is 13.9. The molecule has 0 saturated heterocycles. The first kappa shape index (κ1) is 45.4. The largest absolute Gasteiger partial charge is 0.481 e. The predicted molar refractivity (Wildman–Crippen MR) is 193 cm³/mol. The van der Waals surface area contributed by atoms with E-state index in [9.17, 15) is 38.7 Å². The summed E-state index contributed by atoms with van der Waals surface area (Å²) < 4.78 is 0. The lowest BCUT2D eigenvalue weighted by Gasteiger charge is -2.27. The number of carboxylic acid groups (broad SMARTS) is 1. The molecule has 1 aromatic rings. The van der Waals surface area contributed by atoms with Crippen molar-refractivity contribution in [2.75, 3.05) is 19.7 Å². The average molecular weight is 735 g/mol. The van der Waals surface area contributed by atoms with Gasteiger partial charge in [-0.2, -0.15) is 0 Å². The zero-order valence-electron chi connectivity index (χ0n) is 30.9. The summed E-state index contributed by atoms with van der Waals surface area (Å²) >= 11 is 0. The van der Waals surface area contributed by atoms with Crippen LogP contribution in [0.15, 0.2) is 30.3 Å². The molecule has 0 aliphatic carbocycles. The topological polar surface area (TPSA) is 284 Å². The Bertz CT molecular complexity index is 1340. The van der Waals surface area contributed by atoms with Crippen molar-refractivity contribution in [3.05, 3.63) is 35.9 Å². The molecule has 0 fully saturated rings. The molecule has 0 aliphatic rings. The van der Waals surface area contributed by atoms with Crippen molar-refractivity contribution in [1.82, 2.24) is 31.9 Å². The number of nitrogens with two attached hydrogens (primary N) is 2. The van der Waals surface area contributed by atoms with Crippen molar-refractivity contribution >= 4 is 41.4 Å². The number of aliphatic hydroxyl groups excluding tert-OH is 1. The van der Waals surface area contributed by atoms with E-state index >= 15 is 0 Å². The second kappa shape index (κ2) is 23.1. The number of hydrogen-bond acceptors (Lipinski definition) is 10. The highest BCUT2D eigenvalue weighted by Crippen LogP contribution is 2.10. The summed E-state index contributed by atoms with van der Waals surface area (Å²) in [5.41, 5.74) is 11.7. The summed E-state index contributed by atoms with van der Waals surface area (Å²) in [6, 6.07) is 1.92. The Balaban J connectivity index is 3.00. The van der Waals surface area contributed by atoms with Crippen LogP contribution in [0.1, 0.15) is 66.4 Å². The van der Waals surface area contributed by atoms with Gasteiger partial charge in [-0.05, 0) is 36.2 Å². The maximum Gasteiger partial charge on any atom is 0.305 e. The predicted octanol–water partition coefficient (Wildman–Crippen LogP) is -1.73. The van der Waals surface area contributed by atoms with Gasteiger partial charge < -0.3 is 53.6 Å². The third kappa shape index (κ3) is 17.1. The van der Waals surface area contributed by atoms with E-state index in [-0.39, 0.29) is 37.3 Å². The Morgan fingerprint density at radius 2 is 1.19 bits per heavy atom. The lowest BCUT2D eigenvalue weighted by Crippen LogP contribution is -2.60. The van der Waals surface area contributed by atoms with E-state index in [2.05, 4.69) is 31.9 Å². The van der Waals surface area contributed by atoms with E-state index in [1.54, 1.807) is 44.2 Å². The number of aliphatic carboxylic acids is 1. The molecule has 12 N–H and O–H groups in total. The smallest absolute Gasteiger partial charge is 0.305 e. The molecule has 292 valence electrons. The number of carbonyl (C=O) groups is 7. The summed E-state index contributed by atoms with van der Waals surface area (Å²) in [7, 11) is 0. The molecule has 0 bridgehead atoms. The monoisotopic (exact) mass is 734 g/mol. The minimum Gasteiger partial charge on any atom is -0.481 e. The molecule has 0 unspecified atom stereocenters. The maximum atomic E-state index is 13.6. The van der Waals surface area contributed by atoms with E-state index in [1.807, 2.05) is 27.7 Å². The maximum absolute atomic E-state index is 13.6. The second-order valence-corrected chi connectivity index (χ2v) is 13.9. The van der Waals surface area contributed by atoms with Gasteiger partial charge in [0.15, 0.2) is 0 Å². The molecule has 0 heterocycles. The summed E-state index contributed by atoms with van der Waals surface area (Å²) in [5, 5.41) is 34.7. The van der Waals surface area contributed by atoms with E-state index in [4.69, 9.17) is 16.6 Å². The molecule has 17 heteroatoms. The molecule has 0 aromatic heterocycles. The molecular weight excluding hydrogens is 676 g/mol. The molecule has 0 spiro atoms. The number of hydrogen-bond donors (Lipinski definition) is 10. The Morgan fingerprint density at radius 3 is 1.71 bits per heavy atom. The number of benzene rings is 1. The molecule has 0 saturated carbocycles. The Morgan fingerprint density at radius 1 is 0.673 bits per heavy atom. The summed E-state index contributed by atoms with van der Waals surface area (Å²) in [5.74, 6) is -5.60. The Hall–Kier alpha value is -4.61. The normalized spacial score (nSPS) is 14.8. The van der Waals surface area contributed by atoms with Crippen molar-refractivity contribution in [3.63, 3.8) is 0 Å². The molecule has 52 heavy (non-hydrogen) atoms. The number of primary amides is 1. The van der Waals surface area contributed by atoms with Gasteiger partial charge in [-0.15, -0.1) is 0 Å².